The van der Waals surface area contributed by atoms with Crippen molar-refractivity contribution in [1.82, 2.24) is 24.4 Å². The molecular formula is C41H47N9O6. The molecule has 8 rings (SSSR count). The topological polar surface area (TPSA) is 156 Å². The van der Waals surface area contributed by atoms with Gasteiger partial charge in [-0.2, -0.15) is 0 Å². The smallest absolute Gasteiger partial charge is 0.293 e. The summed E-state index contributed by atoms with van der Waals surface area (Å²) >= 11 is 0. The third-order valence-corrected chi connectivity index (χ3v) is 10.9. The van der Waals surface area contributed by atoms with Gasteiger partial charge in [-0.3, -0.25) is 29.2 Å². The molecule has 2 amide bonds. The summed E-state index contributed by atoms with van der Waals surface area (Å²) in [6, 6.07) is 11.9. The number of carbonyl (C=O) groups is 2. The Kier molecular flexibility index (Phi) is 10.9. The molecular weight excluding hydrogens is 715 g/mol. The van der Waals surface area contributed by atoms with Gasteiger partial charge in [-0.05, 0) is 74.6 Å². The number of hydrogen-bond donors (Lipinski definition) is 2. The molecule has 4 aliphatic heterocycles. The van der Waals surface area contributed by atoms with E-state index < -0.39 is 6.29 Å². The van der Waals surface area contributed by atoms with E-state index >= 15 is 0 Å². The van der Waals surface area contributed by atoms with Crippen molar-refractivity contribution in [2.75, 3.05) is 66.4 Å². The van der Waals surface area contributed by atoms with E-state index in [-0.39, 0.29) is 35.8 Å². The number of aromatic nitrogens is 4. The fourth-order valence-electron chi connectivity index (χ4n) is 7.82. The highest BCUT2D eigenvalue weighted by molar-refractivity contribution is 6.07. The van der Waals surface area contributed by atoms with Gasteiger partial charge in [-0.25, -0.2) is 9.97 Å². The summed E-state index contributed by atoms with van der Waals surface area (Å²) in [5.41, 5.74) is 4.74. The maximum Gasteiger partial charge on any atom is 0.293 e. The predicted octanol–water partition coefficient (Wildman–Crippen LogP) is 4.26. The normalized spacial score (nSPS) is 20.3. The lowest BCUT2D eigenvalue weighted by Crippen LogP contribution is -2.59. The van der Waals surface area contributed by atoms with Crippen LogP contribution in [0.1, 0.15) is 47.8 Å². The monoisotopic (exact) mass is 761 g/mol. The van der Waals surface area contributed by atoms with Gasteiger partial charge in [0.1, 0.15) is 11.5 Å². The highest BCUT2D eigenvalue weighted by atomic mass is 16.7. The third kappa shape index (κ3) is 7.67. The lowest BCUT2D eigenvalue weighted by atomic mass is 10.0. The largest absolute Gasteiger partial charge is 0.378 e. The number of pyridine rings is 2. The van der Waals surface area contributed by atoms with Crippen LogP contribution in [0.5, 0.6) is 0 Å². The van der Waals surface area contributed by atoms with Crippen LogP contribution in [0.2, 0.25) is 0 Å². The van der Waals surface area contributed by atoms with Gasteiger partial charge in [-0.15, -0.1) is 0 Å². The quantitative estimate of drug-likeness (QED) is 0.210. The van der Waals surface area contributed by atoms with E-state index in [0.717, 1.165) is 63.4 Å². The number of nitrogens with one attached hydrogen (secondary N) is 2. The zero-order valence-electron chi connectivity index (χ0n) is 31.8. The Hall–Kier alpha value is -5.48. The molecule has 4 aliphatic rings. The van der Waals surface area contributed by atoms with Crippen LogP contribution in [0.15, 0.2) is 72.4 Å². The number of hydrogen-bond acceptors (Lipinski definition) is 12. The minimum absolute atomic E-state index is 0.0801. The molecule has 0 aliphatic carbocycles. The number of rotatable bonds is 11. The summed E-state index contributed by atoms with van der Waals surface area (Å²) in [6.45, 7) is 11.0. The number of amides is 2. The summed E-state index contributed by atoms with van der Waals surface area (Å²) in [5.74, 6) is -0.0596. The number of nitrogens with zero attached hydrogens (tertiary/aromatic N) is 7. The second-order valence-electron chi connectivity index (χ2n) is 14.7. The Bertz CT molecular complexity index is 2180. The molecule has 56 heavy (non-hydrogen) atoms. The van der Waals surface area contributed by atoms with Crippen LogP contribution in [0.3, 0.4) is 0 Å². The van der Waals surface area contributed by atoms with Crippen molar-refractivity contribution in [3.05, 3.63) is 94.8 Å². The first-order chi connectivity index (χ1) is 27.3. The van der Waals surface area contributed by atoms with Gasteiger partial charge in [0.25, 0.3) is 11.5 Å². The molecule has 7 heterocycles. The average Bonchev–Trinajstić information content (AvgIpc) is 3.19. The molecule has 3 saturated heterocycles. The van der Waals surface area contributed by atoms with E-state index in [1.807, 2.05) is 36.4 Å². The molecule has 292 valence electrons. The van der Waals surface area contributed by atoms with E-state index in [2.05, 4.69) is 38.9 Å². The van der Waals surface area contributed by atoms with E-state index in [1.54, 1.807) is 30.5 Å². The molecule has 3 fully saturated rings. The van der Waals surface area contributed by atoms with Gasteiger partial charge in [0.2, 0.25) is 5.91 Å². The van der Waals surface area contributed by atoms with Crippen LogP contribution in [0.25, 0.3) is 11.3 Å². The Morgan fingerprint density at radius 1 is 1.09 bits per heavy atom. The Morgan fingerprint density at radius 3 is 2.73 bits per heavy atom. The average molecular weight is 762 g/mol. The first-order valence-corrected chi connectivity index (χ1v) is 19.2. The number of carbonyl (C=O) groups excluding carboxylic acids is 2. The molecule has 0 bridgehead atoms. The van der Waals surface area contributed by atoms with Crippen molar-refractivity contribution >= 4 is 40.5 Å². The molecule has 0 radical (unpaired) electrons. The molecule has 15 heteroatoms. The SMILES string of the molecule is C=CC(=O)Nc1cc(Nc2nc(-c3ccnc(N4CCc5cccnc5C4=O)c3COC3CCCCO3)cn(C)c2=O)ccc1N1CCN(C2COC2)C[C@@H]1C. The molecule has 15 nitrogen and oxygen atoms in total. The first kappa shape index (κ1) is 37.4. The Morgan fingerprint density at radius 2 is 1.96 bits per heavy atom. The fourth-order valence-corrected chi connectivity index (χ4v) is 7.82. The van der Waals surface area contributed by atoms with Gasteiger partial charge < -0.3 is 34.3 Å². The van der Waals surface area contributed by atoms with Crippen LogP contribution in [-0.4, -0.2) is 101 Å². The minimum Gasteiger partial charge on any atom is -0.378 e. The maximum atomic E-state index is 13.8. The van der Waals surface area contributed by atoms with Crippen LogP contribution >= 0.6 is 0 Å². The molecule has 0 spiro atoms. The minimum atomic E-state index is -0.391. The van der Waals surface area contributed by atoms with Gasteiger partial charge in [-0.1, -0.05) is 12.6 Å². The third-order valence-electron chi connectivity index (χ3n) is 10.9. The second-order valence-corrected chi connectivity index (χ2v) is 14.7. The second kappa shape index (κ2) is 16.3. The van der Waals surface area contributed by atoms with E-state index in [1.165, 1.54) is 10.6 Å². The van der Waals surface area contributed by atoms with Crippen LogP contribution in [-0.2, 0) is 39.1 Å². The fraction of sp³-hybridized carbons (Fsp3) is 0.415. The molecule has 2 N–H and O–H groups in total. The van der Waals surface area contributed by atoms with E-state index in [4.69, 9.17) is 24.2 Å². The maximum absolute atomic E-state index is 13.8. The van der Waals surface area contributed by atoms with Gasteiger partial charge in [0, 0.05) is 81.3 Å². The highest BCUT2D eigenvalue weighted by Crippen LogP contribution is 2.35. The molecule has 4 aromatic rings. The number of piperazine rings is 1. The van der Waals surface area contributed by atoms with Crippen LogP contribution in [0.4, 0.5) is 28.7 Å². The molecule has 2 atom stereocenters. The number of fused-ring (bicyclic) bond motifs is 1. The highest BCUT2D eigenvalue weighted by Gasteiger charge is 2.34. The van der Waals surface area contributed by atoms with Gasteiger partial charge >= 0.3 is 0 Å². The summed E-state index contributed by atoms with van der Waals surface area (Å²) in [4.78, 5) is 60.5. The van der Waals surface area contributed by atoms with Gasteiger partial charge in [0.05, 0.1) is 42.9 Å². The summed E-state index contributed by atoms with van der Waals surface area (Å²) in [5, 5.41) is 6.21. The first-order valence-electron chi connectivity index (χ1n) is 19.2. The molecule has 0 saturated carbocycles. The van der Waals surface area contributed by atoms with Gasteiger partial charge in [0.15, 0.2) is 12.1 Å². The van der Waals surface area contributed by atoms with Crippen molar-refractivity contribution in [1.29, 1.82) is 0 Å². The molecule has 1 unspecified atom stereocenters. The number of benzene rings is 1. The summed E-state index contributed by atoms with van der Waals surface area (Å²) < 4.78 is 19.1. The van der Waals surface area contributed by atoms with Crippen molar-refractivity contribution in [2.45, 2.75) is 57.6 Å². The standard InChI is InChI=1S/C41H47N9O6/c1-4-35(51)45-32-20-28(10-11-34(32)49-18-17-48(21-26(49)2)29-23-54-24-29)44-38-41(53)47(3)22-33(46-38)30-12-15-43-39(31(30)25-56-36-9-5-6-19-55-36)50-16-13-27-8-7-14-42-37(27)40(50)52/h4,7-8,10-12,14-15,20,22,26,29,36H,1,5-6,9,13,16-19,21,23-25H2,2-3H3,(H,44,46)(H,45,51)/t26-,36?/m0/s1. The molecule has 1 aromatic carbocycles. The predicted molar refractivity (Wildman–Crippen MR) is 212 cm³/mol. The number of aryl methyl sites for hydroxylation is 1. The number of anilines is 5. The van der Waals surface area contributed by atoms with Crippen molar-refractivity contribution in [3.8, 4) is 11.3 Å². The van der Waals surface area contributed by atoms with Crippen molar-refractivity contribution in [3.63, 3.8) is 0 Å². The molecule has 3 aromatic heterocycles. The van der Waals surface area contributed by atoms with Crippen molar-refractivity contribution < 1.29 is 23.8 Å². The van der Waals surface area contributed by atoms with Crippen LogP contribution < -0.4 is 26.0 Å². The van der Waals surface area contributed by atoms with E-state index in [0.29, 0.717) is 65.3 Å². The Balaban J connectivity index is 1.12. The summed E-state index contributed by atoms with van der Waals surface area (Å²) in [7, 11) is 1.67. The zero-order chi connectivity index (χ0) is 38.8. The van der Waals surface area contributed by atoms with Crippen LogP contribution in [0, 0.1) is 0 Å². The zero-order valence-corrected chi connectivity index (χ0v) is 31.8. The lowest BCUT2D eigenvalue weighted by Gasteiger charge is -2.46. The summed E-state index contributed by atoms with van der Waals surface area (Å²) in [6.07, 6.45) is 9.12. The number of ether oxygens (including phenoxy) is 3. The Labute approximate surface area is 325 Å². The van der Waals surface area contributed by atoms with E-state index in [9.17, 15) is 14.4 Å². The van der Waals surface area contributed by atoms with Crippen molar-refractivity contribution in [2.24, 2.45) is 7.05 Å². The lowest BCUT2D eigenvalue weighted by molar-refractivity contribution is -0.168.